The summed E-state index contributed by atoms with van der Waals surface area (Å²) in [6.45, 7) is 2.13. The van der Waals surface area contributed by atoms with E-state index in [1.807, 2.05) is 0 Å². The molecule has 0 fully saturated rings. The van der Waals surface area contributed by atoms with E-state index >= 15 is 0 Å². The molecule has 0 aromatic heterocycles. The number of carbonyl (C=O) groups is 1. The fourth-order valence-electron chi connectivity index (χ4n) is 2.30. The third-order valence-corrected chi connectivity index (χ3v) is 5.38. The molecule has 0 amide bonds. The van der Waals surface area contributed by atoms with Crippen LogP contribution < -0.4 is 0 Å². The molecule has 0 aromatic rings. The van der Waals surface area contributed by atoms with Crippen molar-refractivity contribution < 1.29 is 4.79 Å². The van der Waals surface area contributed by atoms with Gasteiger partial charge in [0, 0.05) is 22.8 Å². The highest BCUT2D eigenvalue weighted by Crippen LogP contribution is 2.37. The van der Waals surface area contributed by atoms with Crippen molar-refractivity contribution in [1.29, 1.82) is 0 Å². The van der Waals surface area contributed by atoms with Crippen LogP contribution in [0.1, 0.15) is 13.3 Å². The number of ketones is 1. The van der Waals surface area contributed by atoms with Gasteiger partial charge in [0.1, 0.15) is 0 Å². The van der Waals surface area contributed by atoms with Crippen molar-refractivity contribution in [3.63, 3.8) is 0 Å². The Morgan fingerprint density at radius 1 is 1.11 bits per heavy atom. The Hall–Kier alpha value is 0.200. The lowest BCUT2D eigenvalue weighted by atomic mass is 9.77. The standard InChI is InChI=1S/C14H22OS3/c1-5-11-6-7-14(9-17-3,10-18-4)13(15)12(11)8-16-2/h6-7H,5,8-10H2,1-4H3. The van der Waals surface area contributed by atoms with Gasteiger partial charge in [0.05, 0.1) is 5.41 Å². The molecule has 0 aliphatic heterocycles. The van der Waals surface area contributed by atoms with E-state index in [9.17, 15) is 4.79 Å². The molecule has 0 N–H and O–H groups in total. The first kappa shape index (κ1) is 16.3. The molecule has 1 rings (SSSR count). The van der Waals surface area contributed by atoms with Gasteiger partial charge >= 0.3 is 0 Å². The van der Waals surface area contributed by atoms with E-state index in [1.165, 1.54) is 5.57 Å². The lowest BCUT2D eigenvalue weighted by Gasteiger charge is -2.32. The third kappa shape index (κ3) is 3.40. The Morgan fingerprint density at radius 2 is 1.72 bits per heavy atom. The Labute approximate surface area is 124 Å². The first-order valence-corrected chi connectivity index (χ1v) is 10.3. The van der Waals surface area contributed by atoms with Gasteiger partial charge in [-0.25, -0.2) is 0 Å². The number of allylic oxidation sites excluding steroid dienone is 3. The van der Waals surface area contributed by atoms with Gasteiger partial charge < -0.3 is 0 Å². The maximum Gasteiger partial charge on any atom is 0.171 e. The molecule has 0 heterocycles. The molecule has 0 bridgehead atoms. The fourth-order valence-corrected chi connectivity index (χ4v) is 4.72. The minimum Gasteiger partial charge on any atom is -0.293 e. The van der Waals surface area contributed by atoms with Crippen molar-refractivity contribution in [2.45, 2.75) is 13.3 Å². The second kappa shape index (κ2) is 7.71. The zero-order valence-corrected chi connectivity index (χ0v) is 14.1. The van der Waals surface area contributed by atoms with E-state index < -0.39 is 0 Å². The van der Waals surface area contributed by atoms with Crippen molar-refractivity contribution in [3.05, 3.63) is 23.3 Å². The van der Waals surface area contributed by atoms with Crippen LogP contribution in [0.3, 0.4) is 0 Å². The van der Waals surface area contributed by atoms with Gasteiger partial charge in [0.2, 0.25) is 0 Å². The van der Waals surface area contributed by atoms with Gasteiger partial charge in [0.25, 0.3) is 0 Å². The highest BCUT2D eigenvalue weighted by molar-refractivity contribution is 7.99. The zero-order chi connectivity index (χ0) is 13.6. The van der Waals surface area contributed by atoms with Crippen molar-refractivity contribution in [2.24, 2.45) is 5.41 Å². The van der Waals surface area contributed by atoms with Crippen LogP contribution in [0, 0.1) is 5.41 Å². The average molecular weight is 303 g/mol. The molecular formula is C14H22OS3. The van der Waals surface area contributed by atoms with Crippen LogP contribution in [-0.2, 0) is 4.79 Å². The van der Waals surface area contributed by atoms with Crippen LogP contribution in [0.25, 0.3) is 0 Å². The number of thioether (sulfide) groups is 3. The van der Waals surface area contributed by atoms with Crippen LogP contribution in [0.15, 0.2) is 23.3 Å². The van der Waals surface area contributed by atoms with Crippen molar-refractivity contribution in [3.8, 4) is 0 Å². The maximum atomic E-state index is 12.8. The molecule has 1 aliphatic rings. The summed E-state index contributed by atoms with van der Waals surface area (Å²) in [5, 5.41) is 0. The molecule has 4 heteroatoms. The van der Waals surface area contributed by atoms with E-state index in [0.717, 1.165) is 29.3 Å². The number of carbonyl (C=O) groups excluding carboxylic acids is 1. The minimum atomic E-state index is -0.275. The van der Waals surface area contributed by atoms with E-state index in [2.05, 4.69) is 37.8 Å². The Kier molecular flexibility index (Phi) is 6.96. The third-order valence-electron chi connectivity index (χ3n) is 3.19. The lowest BCUT2D eigenvalue weighted by Crippen LogP contribution is -2.38. The molecule has 0 radical (unpaired) electrons. The molecule has 0 unspecified atom stereocenters. The highest BCUT2D eigenvalue weighted by atomic mass is 32.2. The van der Waals surface area contributed by atoms with Crippen molar-refractivity contribution in [2.75, 3.05) is 36.0 Å². The average Bonchev–Trinajstić information content (AvgIpc) is 2.36. The molecule has 0 saturated carbocycles. The number of hydrogen-bond donors (Lipinski definition) is 0. The topological polar surface area (TPSA) is 17.1 Å². The van der Waals surface area contributed by atoms with Gasteiger partial charge in [-0.2, -0.15) is 35.3 Å². The minimum absolute atomic E-state index is 0.275. The predicted molar refractivity (Wildman–Crippen MR) is 89.0 cm³/mol. The first-order valence-electron chi connectivity index (χ1n) is 6.08. The summed E-state index contributed by atoms with van der Waals surface area (Å²) < 4.78 is 0. The Bertz CT molecular complexity index is 352. The van der Waals surface area contributed by atoms with Gasteiger partial charge in [-0.3, -0.25) is 4.79 Å². The van der Waals surface area contributed by atoms with Gasteiger partial charge in [-0.1, -0.05) is 19.1 Å². The van der Waals surface area contributed by atoms with E-state index in [4.69, 9.17) is 0 Å². The number of rotatable bonds is 7. The Balaban J connectivity index is 3.10. The normalized spacial score (nSPS) is 18.6. The largest absolute Gasteiger partial charge is 0.293 e. The summed E-state index contributed by atoms with van der Waals surface area (Å²) in [4.78, 5) is 12.8. The van der Waals surface area contributed by atoms with E-state index in [-0.39, 0.29) is 5.41 Å². The SMILES string of the molecule is CCC1=C(CSC)C(=O)C(CSC)(CSC)C=C1. The smallest absolute Gasteiger partial charge is 0.171 e. The summed E-state index contributed by atoms with van der Waals surface area (Å²) in [5.41, 5.74) is 2.01. The molecule has 0 aromatic carbocycles. The summed E-state index contributed by atoms with van der Waals surface area (Å²) in [6.07, 6.45) is 11.5. The quantitative estimate of drug-likeness (QED) is 0.709. The second-order valence-corrected chi connectivity index (χ2v) is 7.07. The lowest BCUT2D eigenvalue weighted by molar-refractivity contribution is -0.120. The van der Waals surface area contributed by atoms with Gasteiger partial charge in [-0.15, -0.1) is 0 Å². The Morgan fingerprint density at radius 3 is 2.17 bits per heavy atom. The van der Waals surface area contributed by atoms with E-state index in [1.54, 1.807) is 35.3 Å². The molecule has 102 valence electrons. The zero-order valence-electron chi connectivity index (χ0n) is 11.6. The number of Topliss-reactive ketones (excluding diaryl/α,β-unsaturated/α-hetero) is 1. The van der Waals surface area contributed by atoms with Crippen LogP contribution >= 0.6 is 35.3 Å². The monoisotopic (exact) mass is 302 g/mol. The van der Waals surface area contributed by atoms with E-state index in [0.29, 0.717) is 5.78 Å². The van der Waals surface area contributed by atoms with Gasteiger partial charge in [-0.05, 0) is 30.8 Å². The fraction of sp³-hybridized carbons (Fsp3) is 0.643. The van der Waals surface area contributed by atoms with Gasteiger partial charge in [0.15, 0.2) is 5.78 Å². The molecule has 0 saturated heterocycles. The molecule has 0 spiro atoms. The van der Waals surface area contributed by atoms with Crippen molar-refractivity contribution >= 4 is 41.1 Å². The molecule has 0 atom stereocenters. The maximum absolute atomic E-state index is 12.8. The second-order valence-electron chi connectivity index (χ2n) is 4.47. The molecule has 1 aliphatic carbocycles. The van der Waals surface area contributed by atoms with Crippen molar-refractivity contribution in [1.82, 2.24) is 0 Å². The first-order chi connectivity index (χ1) is 8.65. The predicted octanol–water partition coefficient (Wildman–Crippen LogP) is 3.91. The summed E-state index contributed by atoms with van der Waals surface area (Å²) in [6, 6.07) is 0. The summed E-state index contributed by atoms with van der Waals surface area (Å²) in [7, 11) is 0. The molecular weight excluding hydrogens is 280 g/mol. The number of hydrogen-bond acceptors (Lipinski definition) is 4. The van der Waals surface area contributed by atoms with Crippen LogP contribution in [0.2, 0.25) is 0 Å². The van der Waals surface area contributed by atoms with Crippen LogP contribution in [-0.4, -0.2) is 41.8 Å². The van der Waals surface area contributed by atoms with Crippen LogP contribution in [0.5, 0.6) is 0 Å². The molecule has 18 heavy (non-hydrogen) atoms. The summed E-state index contributed by atoms with van der Waals surface area (Å²) >= 11 is 5.27. The van der Waals surface area contributed by atoms with Crippen LogP contribution in [0.4, 0.5) is 0 Å². The molecule has 1 nitrogen and oxygen atoms in total. The highest BCUT2D eigenvalue weighted by Gasteiger charge is 2.39. The summed E-state index contributed by atoms with van der Waals surface area (Å²) in [5.74, 6) is 2.98.